The first-order chi connectivity index (χ1) is 9.08. The van der Waals surface area contributed by atoms with E-state index in [1.807, 2.05) is 13.1 Å². The van der Waals surface area contributed by atoms with Crippen LogP contribution in [0.1, 0.15) is 31.6 Å². The van der Waals surface area contributed by atoms with Crippen LogP contribution in [0.4, 0.5) is 5.13 Å². The standard InChI is InChI=1S/C13H22N4OS/c1-3-12(18)16-13-15-6-10(19-13)8-17-5-4-11(14)9(2)7-17/h6,9,11H,3-5,7-8,14H2,1-2H3,(H,15,16,18). The number of rotatable bonds is 4. The van der Waals surface area contributed by atoms with Crippen molar-refractivity contribution in [2.24, 2.45) is 11.7 Å². The number of nitrogens with one attached hydrogen (secondary N) is 1. The van der Waals surface area contributed by atoms with Crippen LogP contribution in [0, 0.1) is 5.92 Å². The summed E-state index contributed by atoms with van der Waals surface area (Å²) in [5.74, 6) is 0.555. The van der Waals surface area contributed by atoms with Crippen molar-refractivity contribution in [2.75, 3.05) is 18.4 Å². The second-order valence-corrected chi connectivity index (χ2v) is 6.31. The van der Waals surface area contributed by atoms with E-state index in [2.05, 4.69) is 22.1 Å². The van der Waals surface area contributed by atoms with Crippen molar-refractivity contribution in [3.05, 3.63) is 11.1 Å². The molecule has 1 aliphatic rings. The number of amides is 1. The highest BCUT2D eigenvalue weighted by molar-refractivity contribution is 7.15. The molecule has 1 aliphatic heterocycles. The van der Waals surface area contributed by atoms with Crippen molar-refractivity contribution < 1.29 is 4.79 Å². The van der Waals surface area contributed by atoms with Crippen molar-refractivity contribution in [1.29, 1.82) is 0 Å². The number of hydrogen-bond acceptors (Lipinski definition) is 5. The lowest BCUT2D eigenvalue weighted by Gasteiger charge is -2.34. The number of carbonyl (C=O) groups excluding carboxylic acids is 1. The number of piperidine rings is 1. The van der Waals surface area contributed by atoms with Crippen LogP contribution in [0.3, 0.4) is 0 Å². The Labute approximate surface area is 118 Å². The maximum atomic E-state index is 11.3. The monoisotopic (exact) mass is 282 g/mol. The summed E-state index contributed by atoms with van der Waals surface area (Å²) in [6.07, 6.45) is 3.39. The predicted octanol–water partition coefficient (Wildman–Crippen LogP) is 1.66. The van der Waals surface area contributed by atoms with Gasteiger partial charge >= 0.3 is 0 Å². The quantitative estimate of drug-likeness (QED) is 0.881. The molecule has 0 saturated carbocycles. The molecule has 19 heavy (non-hydrogen) atoms. The number of anilines is 1. The molecule has 1 aromatic rings. The molecule has 3 N–H and O–H groups in total. The Morgan fingerprint density at radius 3 is 3.16 bits per heavy atom. The number of hydrogen-bond donors (Lipinski definition) is 2. The zero-order valence-corrected chi connectivity index (χ0v) is 12.4. The minimum absolute atomic E-state index is 0.0125. The normalized spacial score (nSPS) is 24.4. The van der Waals surface area contributed by atoms with Crippen LogP contribution in [0.5, 0.6) is 0 Å². The molecule has 5 nitrogen and oxygen atoms in total. The first kappa shape index (κ1) is 14.4. The molecule has 2 atom stereocenters. The van der Waals surface area contributed by atoms with Gasteiger partial charge in [-0.2, -0.15) is 0 Å². The van der Waals surface area contributed by atoms with Gasteiger partial charge in [-0.1, -0.05) is 13.8 Å². The average Bonchev–Trinajstić information content (AvgIpc) is 2.81. The fourth-order valence-corrected chi connectivity index (χ4v) is 3.13. The zero-order valence-electron chi connectivity index (χ0n) is 11.6. The average molecular weight is 282 g/mol. The summed E-state index contributed by atoms with van der Waals surface area (Å²) in [5, 5.41) is 3.49. The summed E-state index contributed by atoms with van der Waals surface area (Å²) < 4.78 is 0. The van der Waals surface area contributed by atoms with Gasteiger partial charge in [-0.05, 0) is 12.3 Å². The molecule has 0 spiro atoms. The molecule has 106 valence electrons. The summed E-state index contributed by atoms with van der Waals surface area (Å²) >= 11 is 1.56. The molecule has 1 fully saturated rings. The zero-order chi connectivity index (χ0) is 13.8. The van der Waals surface area contributed by atoms with E-state index in [0.717, 1.165) is 26.1 Å². The molecular weight excluding hydrogens is 260 g/mol. The van der Waals surface area contributed by atoms with Gasteiger partial charge in [0.2, 0.25) is 5.91 Å². The van der Waals surface area contributed by atoms with Crippen LogP contribution in [-0.4, -0.2) is 34.9 Å². The van der Waals surface area contributed by atoms with E-state index < -0.39 is 0 Å². The topological polar surface area (TPSA) is 71.2 Å². The highest BCUT2D eigenvalue weighted by Gasteiger charge is 2.23. The minimum Gasteiger partial charge on any atom is -0.327 e. The second-order valence-electron chi connectivity index (χ2n) is 5.20. The van der Waals surface area contributed by atoms with Crippen molar-refractivity contribution in [2.45, 2.75) is 39.3 Å². The van der Waals surface area contributed by atoms with Crippen molar-refractivity contribution in [3.63, 3.8) is 0 Å². The van der Waals surface area contributed by atoms with E-state index in [1.54, 1.807) is 11.3 Å². The summed E-state index contributed by atoms with van der Waals surface area (Å²) in [7, 11) is 0. The molecule has 0 aliphatic carbocycles. The van der Waals surface area contributed by atoms with Crippen LogP contribution in [0.25, 0.3) is 0 Å². The van der Waals surface area contributed by atoms with Crippen LogP contribution in [0.15, 0.2) is 6.20 Å². The number of carbonyl (C=O) groups is 1. The van der Waals surface area contributed by atoms with E-state index in [-0.39, 0.29) is 5.91 Å². The maximum Gasteiger partial charge on any atom is 0.225 e. The predicted molar refractivity (Wildman–Crippen MR) is 78.1 cm³/mol. The molecule has 2 rings (SSSR count). The Hall–Kier alpha value is -0.980. The number of thiazole rings is 1. The fourth-order valence-electron chi connectivity index (χ4n) is 2.26. The van der Waals surface area contributed by atoms with E-state index in [1.165, 1.54) is 4.88 Å². The van der Waals surface area contributed by atoms with Crippen LogP contribution in [-0.2, 0) is 11.3 Å². The number of likely N-dealkylation sites (tertiary alicyclic amines) is 1. The summed E-state index contributed by atoms with van der Waals surface area (Å²) in [6, 6.07) is 0.331. The number of aromatic nitrogens is 1. The molecule has 2 unspecified atom stereocenters. The van der Waals surface area contributed by atoms with Crippen molar-refractivity contribution in [1.82, 2.24) is 9.88 Å². The SMILES string of the molecule is CCC(=O)Nc1ncc(CN2CCC(N)C(C)C2)s1. The first-order valence-corrected chi connectivity index (χ1v) is 7.62. The van der Waals surface area contributed by atoms with Gasteiger partial charge in [0.1, 0.15) is 0 Å². The highest BCUT2D eigenvalue weighted by atomic mass is 32.1. The Kier molecular flexibility index (Phi) is 4.90. The van der Waals surface area contributed by atoms with Crippen LogP contribution < -0.4 is 11.1 Å². The van der Waals surface area contributed by atoms with Gasteiger partial charge in [0.05, 0.1) is 0 Å². The summed E-state index contributed by atoms with van der Waals surface area (Å²) in [6.45, 7) is 7.02. The van der Waals surface area contributed by atoms with Gasteiger partial charge in [0, 0.05) is 43.2 Å². The Bertz CT molecular complexity index is 434. The molecule has 0 aromatic carbocycles. The van der Waals surface area contributed by atoms with Crippen molar-refractivity contribution in [3.8, 4) is 0 Å². The molecule has 1 aromatic heterocycles. The Balaban J connectivity index is 1.88. The van der Waals surface area contributed by atoms with E-state index in [0.29, 0.717) is 23.5 Å². The van der Waals surface area contributed by atoms with Gasteiger partial charge in [-0.3, -0.25) is 9.69 Å². The lowest BCUT2D eigenvalue weighted by molar-refractivity contribution is -0.115. The van der Waals surface area contributed by atoms with Gasteiger partial charge in [-0.15, -0.1) is 11.3 Å². The number of nitrogens with zero attached hydrogens (tertiary/aromatic N) is 2. The van der Waals surface area contributed by atoms with Gasteiger partial charge in [-0.25, -0.2) is 4.98 Å². The smallest absolute Gasteiger partial charge is 0.225 e. The van der Waals surface area contributed by atoms with Crippen molar-refractivity contribution >= 4 is 22.4 Å². The van der Waals surface area contributed by atoms with Crippen LogP contribution in [0.2, 0.25) is 0 Å². The molecule has 0 radical (unpaired) electrons. The number of nitrogens with two attached hydrogens (primary N) is 1. The molecule has 1 amide bonds. The molecule has 0 bridgehead atoms. The molecule has 6 heteroatoms. The van der Waals surface area contributed by atoms with Gasteiger partial charge in [0.25, 0.3) is 0 Å². The maximum absolute atomic E-state index is 11.3. The molecule has 1 saturated heterocycles. The second kappa shape index (κ2) is 6.45. The Morgan fingerprint density at radius 2 is 2.47 bits per heavy atom. The van der Waals surface area contributed by atoms with E-state index in [4.69, 9.17) is 5.73 Å². The largest absolute Gasteiger partial charge is 0.327 e. The van der Waals surface area contributed by atoms with Gasteiger partial charge < -0.3 is 11.1 Å². The molecule has 2 heterocycles. The third-order valence-electron chi connectivity index (χ3n) is 3.56. The highest BCUT2D eigenvalue weighted by Crippen LogP contribution is 2.22. The third-order valence-corrected chi connectivity index (χ3v) is 4.45. The fraction of sp³-hybridized carbons (Fsp3) is 0.692. The van der Waals surface area contributed by atoms with Crippen LogP contribution >= 0.6 is 11.3 Å². The third kappa shape index (κ3) is 3.99. The summed E-state index contributed by atoms with van der Waals surface area (Å²) in [4.78, 5) is 19.1. The lowest BCUT2D eigenvalue weighted by Crippen LogP contribution is -2.45. The summed E-state index contributed by atoms with van der Waals surface area (Å²) in [5.41, 5.74) is 6.02. The van der Waals surface area contributed by atoms with E-state index in [9.17, 15) is 4.79 Å². The lowest BCUT2D eigenvalue weighted by atomic mass is 9.95. The minimum atomic E-state index is 0.0125. The first-order valence-electron chi connectivity index (χ1n) is 6.81. The van der Waals surface area contributed by atoms with E-state index >= 15 is 0 Å². The van der Waals surface area contributed by atoms with Gasteiger partial charge in [0.15, 0.2) is 5.13 Å². The molecular formula is C13H22N4OS. The Morgan fingerprint density at radius 1 is 1.68 bits per heavy atom.